The van der Waals surface area contributed by atoms with Crippen LogP contribution in [-0.4, -0.2) is 22.6 Å². The van der Waals surface area contributed by atoms with Gasteiger partial charge in [-0.05, 0) is 66.3 Å². The largest absolute Gasteiger partial charge is 0.495 e. The van der Waals surface area contributed by atoms with Crippen LogP contribution in [0.2, 0.25) is 5.02 Å². The molecule has 32 heavy (non-hydrogen) atoms. The number of nitrogens with one attached hydrogen (secondary N) is 2. The van der Waals surface area contributed by atoms with E-state index in [2.05, 4.69) is 26.2 Å². The van der Waals surface area contributed by atoms with E-state index in [1.54, 1.807) is 36.4 Å². The Bertz CT molecular complexity index is 1470. The van der Waals surface area contributed by atoms with E-state index in [9.17, 15) is 9.59 Å². The van der Waals surface area contributed by atoms with Crippen LogP contribution in [0.5, 0.6) is 5.75 Å². The Hall–Kier alpha value is -2.94. The zero-order valence-electron chi connectivity index (χ0n) is 16.8. The van der Waals surface area contributed by atoms with Crippen molar-refractivity contribution >= 4 is 62.2 Å². The minimum absolute atomic E-state index is 0.224. The van der Waals surface area contributed by atoms with E-state index in [1.165, 1.54) is 11.7 Å². The van der Waals surface area contributed by atoms with Gasteiger partial charge in [0.25, 0.3) is 11.5 Å². The number of hydrogen-bond acceptors (Lipinski definition) is 4. The lowest BCUT2D eigenvalue weighted by Gasteiger charge is -2.11. The molecule has 4 rings (SSSR count). The fourth-order valence-electron chi connectivity index (χ4n) is 3.30. The molecule has 0 atom stereocenters. The van der Waals surface area contributed by atoms with Gasteiger partial charge in [0.05, 0.1) is 29.6 Å². The maximum Gasteiger partial charge on any atom is 0.262 e. The molecule has 0 spiro atoms. The Morgan fingerprint density at radius 2 is 2.00 bits per heavy atom. The minimum Gasteiger partial charge on any atom is -0.495 e. The van der Waals surface area contributed by atoms with Crippen molar-refractivity contribution in [1.82, 2.24) is 9.55 Å². The van der Waals surface area contributed by atoms with E-state index in [0.717, 1.165) is 10.0 Å². The molecular weight excluding hydrogens is 514 g/mol. The summed E-state index contributed by atoms with van der Waals surface area (Å²) in [5, 5.41) is 3.62. The number of H-pyrrole nitrogens is 1. The molecule has 0 aliphatic heterocycles. The maximum absolute atomic E-state index is 13.0. The number of halogens is 2. The molecule has 0 saturated carbocycles. The van der Waals surface area contributed by atoms with Crippen LogP contribution in [0.1, 0.15) is 15.9 Å². The molecule has 0 radical (unpaired) electrons. The van der Waals surface area contributed by atoms with Crippen molar-refractivity contribution < 1.29 is 9.53 Å². The Morgan fingerprint density at radius 3 is 2.72 bits per heavy atom. The number of amides is 1. The molecule has 2 N–H and O–H groups in total. The minimum atomic E-state index is -0.342. The number of fused-ring (bicyclic) bond motifs is 1. The predicted octanol–water partition coefficient (Wildman–Crippen LogP) is 5.78. The molecule has 0 aliphatic carbocycles. The van der Waals surface area contributed by atoms with Gasteiger partial charge >= 0.3 is 0 Å². The first-order valence-electron chi connectivity index (χ1n) is 9.52. The highest BCUT2D eigenvalue weighted by Gasteiger charge is 2.12. The molecule has 0 fully saturated rings. The molecule has 1 aromatic heterocycles. The van der Waals surface area contributed by atoms with Crippen LogP contribution in [-0.2, 0) is 6.54 Å². The highest BCUT2D eigenvalue weighted by molar-refractivity contribution is 9.10. The van der Waals surface area contributed by atoms with E-state index in [4.69, 9.17) is 28.6 Å². The van der Waals surface area contributed by atoms with Gasteiger partial charge < -0.3 is 15.0 Å². The van der Waals surface area contributed by atoms with Gasteiger partial charge in [0.1, 0.15) is 5.75 Å². The number of carbonyl (C=O) groups is 1. The number of aromatic amines is 1. The molecule has 6 nitrogen and oxygen atoms in total. The van der Waals surface area contributed by atoms with E-state index >= 15 is 0 Å². The smallest absolute Gasteiger partial charge is 0.262 e. The molecule has 1 heterocycles. The number of ether oxygens (including phenoxy) is 1. The van der Waals surface area contributed by atoms with Gasteiger partial charge in [-0.1, -0.05) is 39.7 Å². The molecule has 0 saturated heterocycles. The van der Waals surface area contributed by atoms with Crippen LogP contribution in [0.3, 0.4) is 0 Å². The lowest BCUT2D eigenvalue weighted by Crippen LogP contribution is -2.23. The molecule has 4 aromatic rings. The molecule has 162 valence electrons. The Labute approximate surface area is 201 Å². The van der Waals surface area contributed by atoms with Gasteiger partial charge in [-0.25, -0.2) is 0 Å². The van der Waals surface area contributed by atoms with Crippen molar-refractivity contribution in [2.24, 2.45) is 0 Å². The average Bonchev–Trinajstić information content (AvgIpc) is 2.76. The summed E-state index contributed by atoms with van der Waals surface area (Å²) in [6, 6.07) is 17.5. The van der Waals surface area contributed by atoms with Crippen molar-refractivity contribution in [2.45, 2.75) is 6.54 Å². The predicted molar refractivity (Wildman–Crippen MR) is 133 cm³/mol. The number of aromatic nitrogens is 2. The van der Waals surface area contributed by atoms with E-state index < -0.39 is 0 Å². The van der Waals surface area contributed by atoms with E-state index in [-0.39, 0.29) is 16.2 Å². The number of nitrogens with zero attached hydrogens (tertiary/aromatic N) is 1. The number of hydrogen-bond donors (Lipinski definition) is 2. The SMILES string of the molecule is COc1ccc(NC(=O)c2ccc3c(=O)n(Cc4cccc(Br)c4)c(=S)[nH]c3c2)cc1Cl. The van der Waals surface area contributed by atoms with E-state index in [1.807, 2.05) is 24.3 Å². The molecule has 0 aliphatic rings. The zero-order valence-corrected chi connectivity index (χ0v) is 20.0. The summed E-state index contributed by atoms with van der Waals surface area (Å²) in [4.78, 5) is 28.8. The molecule has 9 heteroatoms. The highest BCUT2D eigenvalue weighted by atomic mass is 79.9. The normalized spacial score (nSPS) is 10.8. The van der Waals surface area contributed by atoms with Gasteiger partial charge in [-0.2, -0.15) is 0 Å². The third-order valence-electron chi connectivity index (χ3n) is 4.88. The Morgan fingerprint density at radius 1 is 1.19 bits per heavy atom. The second kappa shape index (κ2) is 9.28. The van der Waals surface area contributed by atoms with Crippen LogP contribution < -0.4 is 15.6 Å². The number of rotatable bonds is 5. The standard InChI is InChI=1S/C23H17BrClN3O3S/c1-31-20-8-6-16(11-18(20)25)26-21(29)14-5-7-17-19(10-14)27-23(32)28(22(17)30)12-13-3-2-4-15(24)9-13/h2-11H,12H2,1H3,(H,26,29)(H,27,32). The van der Waals surface area contributed by atoms with Gasteiger partial charge in [0, 0.05) is 15.7 Å². The van der Waals surface area contributed by atoms with Crippen LogP contribution in [0.4, 0.5) is 5.69 Å². The first-order chi connectivity index (χ1) is 15.4. The fourth-order valence-corrected chi connectivity index (χ4v) is 4.27. The van der Waals surface area contributed by atoms with Gasteiger partial charge in [0.15, 0.2) is 4.77 Å². The Kier molecular flexibility index (Phi) is 6.45. The molecule has 0 bridgehead atoms. The second-order valence-electron chi connectivity index (χ2n) is 7.02. The number of carbonyl (C=O) groups excluding carboxylic acids is 1. The van der Waals surface area contributed by atoms with Crippen LogP contribution in [0, 0.1) is 4.77 Å². The topological polar surface area (TPSA) is 76.1 Å². The molecule has 1 amide bonds. The maximum atomic E-state index is 13.0. The molecule has 3 aromatic carbocycles. The first-order valence-corrected chi connectivity index (χ1v) is 11.1. The van der Waals surface area contributed by atoms with Gasteiger partial charge in [-0.15, -0.1) is 0 Å². The van der Waals surface area contributed by atoms with E-state index in [0.29, 0.717) is 39.5 Å². The molecule has 0 unspecified atom stereocenters. The first kappa shape index (κ1) is 22.3. The number of anilines is 1. The van der Waals surface area contributed by atoms with Gasteiger partial charge in [-0.3, -0.25) is 14.2 Å². The summed E-state index contributed by atoms with van der Waals surface area (Å²) < 4.78 is 7.82. The number of benzene rings is 3. The van der Waals surface area contributed by atoms with Crippen molar-refractivity contribution in [3.63, 3.8) is 0 Å². The average molecular weight is 531 g/mol. The van der Waals surface area contributed by atoms with Crippen molar-refractivity contribution in [3.8, 4) is 5.75 Å². The Balaban J connectivity index is 1.64. The summed E-state index contributed by atoms with van der Waals surface area (Å²) >= 11 is 15.0. The highest BCUT2D eigenvalue weighted by Crippen LogP contribution is 2.27. The summed E-state index contributed by atoms with van der Waals surface area (Å²) in [7, 11) is 1.52. The molecular formula is C23H17BrClN3O3S. The summed E-state index contributed by atoms with van der Waals surface area (Å²) in [6.07, 6.45) is 0. The van der Waals surface area contributed by atoms with Crippen LogP contribution in [0.25, 0.3) is 10.9 Å². The van der Waals surface area contributed by atoms with Crippen molar-refractivity contribution in [1.29, 1.82) is 0 Å². The summed E-state index contributed by atoms with van der Waals surface area (Å²) in [5.74, 6) is 0.174. The lowest BCUT2D eigenvalue weighted by molar-refractivity contribution is 0.102. The van der Waals surface area contributed by atoms with Crippen LogP contribution >= 0.6 is 39.7 Å². The second-order valence-corrected chi connectivity index (χ2v) is 8.72. The van der Waals surface area contributed by atoms with Crippen LogP contribution in [0.15, 0.2) is 69.9 Å². The third kappa shape index (κ3) is 4.62. The number of methoxy groups -OCH3 is 1. The monoisotopic (exact) mass is 529 g/mol. The summed E-state index contributed by atoms with van der Waals surface area (Å²) in [6.45, 7) is 0.337. The zero-order chi connectivity index (χ0) is 22.8. The summed E-state index contributed by atoms with van der Waals surface area (Å²) in [5.41, 5.74) is 2.11. The van der Waals surface area contributed by atoms with Crippen molar-refractivity contribution in [3.05, 3.63) is 96.4 Å². The third-order valence-corrected chi connectivity index (χ3v) is 5.99. The van der Waals surface area contributed by atoms with Crippen molar-refractivity contribution in [2.75, 3.05) is 12.4 Å². The fraction of sp³-hybridized carbons (Fsp3) is 0.0870. The lowest BCUT2D eigenvalue weighted by atomic mass is 10.1. The quantitative estimate of drug-likeness (QED) is 0.321. The van der Waals surface area contributed by atoms with Gasteiger partial charge in [0.2, 0.25) is 0 Å².